The van der Waals surface area contributed by atoms with Gasteiger partial charge in [-0.3, -0.25) is 9.69 Å². The lowest BCUT2D eigenvalue weighted by Crippen LogP contribution is -2.35. The fraction of sp³-hybridized carbons (Fsp3) is 0.320. The number of aromatic nitrogens is 2. The molecule has 0 aliphatic carbocycles. The van der Waals surface area contributed by atoms with Crippen molar-refractivity contribution in [1.29, 1.82) is 0 Å². The van der Waals surface area contributed by atoms with E-state index in [1.54, 1.807) is 24.3 Å². The molecule has 1 saturated heterocycles. The highest BCUT2D eigenvalue weighted by Gasteiger charge is 2.23. The summed E-state index contributed by atoms with van der Waals surface area (Å²) in [7, 11) is 2.06. The van der Waals surface area contributed by atoms with Gasteiger partial charge in [-0.15, -0.1) is 0 Å². The molecule has 1 aliphatic heterocycles. The predicted octanol–water partition coefficient (Wildman–Crippen LogP) is 4.21. The first kappa shape index (κ1) is 23.6. The monoisotopic (exact) mass is 468 g/mol. The summed E-state index contributed by atoms with van der Waals surface area (Å²) in [6.07, 6.45) is 1.88. The van der Waals surface area contributed by atoms with E-state index in [4.69, 9.17) is 0 Å². The fourth-order valence-electron chi connectivity index (χ4n) is 4.37. The molecule has 1 aliphatic rings. The molecule has 34 heavy (non-hydrogen) atoms. The zero-order valence-corrected chi connectivity index (χ0v) is 18.8. The molecule has 1 fully saturated rings. The highest BCUT2D eigenvalue weighted by molar-refractivity contribution is 5.86. The van der Waals surface area contributed by atoms with Crippen LogP contribution in [0.2, 0.25) is 0 Å². The van der Waals surface area contributed by atoms with Crippen LogP contribution in [-0.4, -0.2) is 52.1 Å². The molecule has 9 heteroatoms. The van der Waals surface area contributed by atoms with Crippen LogP contribution in [0.15, 0.2) is 59.4 Å². The number of halogens is 2. The highest BCUT2D eigenvalue weighted by Crippen LogP contribution is 2.23. The van der Waals surface area contributed by atoms with E-state index in [1.807, 2.05) is 0 Å². The Bertz CT molecular complexity index is 1230. The summed E-state index contributed by atoms with van der Waals surface area (Å²) in [6.45, 7) is 1.47. The third kappa shape index (κ3) is 5.48. The average molecular weight is 469 g/mol. The van der Waals surface area contributed by atoms with Crippen molar-refractivity contribution >= 4 is 11.8 Å². The Labute approximate surface area is 195 Å². The molecule has 178 valence electrons. The van der Waals surface area contributed by atoms with Crippen LogP contribution in [0.5, 0.6) is 0 Å². The molecule has 0 spiro atoms. The standard InChI is InChI=1S/C25H26F2N4O3/c1-29-10-3-6-21(29)9-11-30(25(33)34)22-5-2-4-17(12-22)16-31-24(32)8-7-23(28-31)18-13-19(26)15-20(27)14-18/h2,4-5,7-8,12-15,21H,3,6,9-11,16H2,1H3,(H,33,34). The van der Waals surface area contributed by atoms with Crippen LogP contribution < -0.4 is 10.5 Å². The van der Waals surface area contributed by atoms with Gasteiger partial charge in [-0.1, -0.05) is 12.1 Å². The molecule has 1 N–H and O–H groups in total. The fourth-order valence-corrected chi connectivity index (χ4v) is 4.37. The van der Waals surface area contributed by atoms with Crippen molar-refractivity contribution in [3.63, 3.8) is 0 Å². The number of anilines is 1. The number of benzene rings is 2. The van der Waals surface area contributed by atoms with Crippen molar-refractivity contribution in [2.45, 2.75) is 31.8 Å². The van der Waals surface area contributed by atoms with Crippen LogP contribution in [0.4, 0.5) is 19.3 Å². The number of hydrogen-bond acceptors (Lipinski definition) is 4. The second-order valence-electron chi connectivity index (χ2n) is 8.54. The van der Waals surface area contributed by atoms with Gasteiger partial charge in [-0.2, -0.15) is 5.10 Å². The summed E-state index contributed by atoms with van der Waals surface area (Å²) in [5.74, 6) is -1.47. The Kier molecular flexibility index (Phi) is 7.02. The smallest absolute Gasteiger partial charge is 0.411 e. The first-order valence-corrected chi connectivity index (χ1v) is 11.1. The van der Waals surface area contributed by atoms with Crippen molar-refractivity contribution in [1.82, 2.24) is 14.7 Å². The van der Waals surface area contributed by atoms with E-state index in [2.05, 4.69) is 17.0 Å². The van der Waals surface area contributed by atoms with Crippen molar-refractivity contribution in [3.8, 4) is 11.3 Å². The zero-order chi connectivity index (χ0) is 24.2. The van der Waals surface area contributed by atoms with E-state index < -0.39 is 17.7 Å². The molecule has 0 radical (unpaired) electrons. The highest BCUT2D eigenvalue weighted by atomic mass is 19.1. The minimum atomic E-state index is -1.04. The Balaban J connectivity index is 1.55. The molecule has 1 unspecified atom stereocenters. The van der Waals surface area contributed by atoms with Gasteiger partial charge in [0, 0.05) is 36.0 Å². The van der Waals surface area contributed by atoms with E-state index in [-0.39, 0.29) is 23.4 Å². The normalized spacial score (nSPS) is 16.0. The maximum atomic E-state index is 13.6. The number of rotatable bonds is 7. The molecular formula is C25H26F2N4O3. The van der Waals surface area contributed by atoms with Crippen molar-refractivity contribution in [2.24, 2.45) is 0 Å². The van der Waals surface area contributed by atoms with E-state index in [0.29, 0.717) is 23.8 Å². The van der Waals surface area contributed by atoms with Gasteiger partial charge in [-0.25, -0.2) is 18.3 Å². The second kappa shape index (κ2) is 10.1. The van der Waals surface area contributed by atoms with Crippen LogP contribution in [0, 0.1) is 11.6 Å². The van der Waals surface area contributed by atoms with Gasteiger partial charge < -0.3 is 10.0 Å². The van der Waals surface area contributed by atoms with Gasteiger partial charge in [0.25, 0.3) is 5.56 Å². The predicted molar refractivity (Wildman–Crippen MR) is 125 cm³/mol. The van der Waals surface area contributed by atoms with E-state index in [9.17, 15) is 23.5 Å². The van der Waals surface area contributed by atoms with E-state index >= 15 is 0 Å². The summed E-state index contributed by atoms with van der Waals surface area (Å²) in [4.78, 5) is 27.9. The van der Waals surface area contributed by atoms with Crippen LogP contribution in [0.1, 0.15) is 24.8 Å². The van der Waals surface area contributed by atoms with E-state index in [1.165, 1.54) is 21.7 Å². The minimum Gasteiger partial charge on any atom is -0.465 e. The molecule has 4 rings (SSSR count). The molecule has 2 heterocycles. The van der Waals surface area contributed by atoms with E-state index in [0.717, 1.165) is 44.0 Å². The van der Waals surface area contributed by atoms with Gasteiger partial charge in [0.05, 0.1) is 12.2 Å². The lowest BCUT2D eigenvalue weighted by Gasteiger charge is -2.24. The number of amides is 1. The topological polar surface area (TPSA) is 78.7 Å². The summed E-state index contributed by atoms with van der Waals surface area (Å²) in [6, 6.07) is 13.1. The van der Waals surface area contributed by atoms with Gasteiger partial charge in [-0.05, 0) is 68.8 Å². The van der Waals surface area contributed by atoms with Crippen LogP contribution in [-0.2, 0) is 6.54 Å². The molecule has 3 aromatic rings. The number of nitrogens with zero attached hydrogens (tertiary/aromatic N) is 4. The van der Waals surface area contributed by atoms with Crippen LogP contribution in [0.3, 0.4) is 0 Å². The Hall–Kier alpha value is -3.59. The lowest BCUT2D eigenvalue weighted by molar-refractivity contribution is 0.200. The zero-order valence-electron chi connectivity index (χ0n) is 18.8. The van der Waals surface area contributed by atoms with Gasteiger partial charge in [0.2, 0.25) is 0 Å². The molecule has 0 bridgehead atoms. The number of carbonyl (C=O) groups is 1. The van der Waals surface area contributed by atoms with Crippen LogP contribution in [0.25, 0.3) is 11.3 Å². The molecule has 7 nitrogen and oxygen atoms in total. The van der Waals surface area contributed by atoms with Crippen molar-refractivity contribution in [2.75, 3.05) is 25.0 Å². The summed E-state index contributed by atoms with van der Waals surface area (Å²) >= 11 is 0. The molecular weight excluding hydrogens is 442 g/mol. The Morgan fingerprint density at radius 2 is 1.91 bits per heavy atom. The van der Waals surface area contributed by atoms with Gasteiger partial charge in [0.15, 0.2) is 0 Å². The maximum Gasteiger partial charge on any atom is 0.411 e. The van der Waals surface area contributed by atoms with Gasteiger partial charge in [0.1, 0.15) is 11.6 Å². The molecule has 1 atom stereocenters. The Morgan fingerprint density at radius 1 is 1.15 bits per heavy atom. The quantitative estimate of drug-likeness (QED) is 0.562. The average Bonchev–Trinajstić information content (AvgIpc) is 3.19. The van der Waals surface area contributed by atoms with Crippen LogP contribution >= 0.6 is 0 Å². The third-order valence-corrected chi connectivity index (χ3v) is 6.17. The van der Waals surface area contributed by atoms with Crippen molar-refractivity contribution < 1.29 is 18.7 Å². The molecule has 1 amide bonds. The number of carboxylic acid groups (broad SMARTS) is 1. The molecule has 0 saturated carbocycles. The van der Waals surface area contributed by atoms with Crippen molar-refractivity contribution in [3.05, 3.63) is 82.1 Å². The molecule has 1 aromatic heterocycles. The SMILES string of the molecule is CN1CCCC1CCN(C(=O)O)c1cccc(Cn2nc(-c3cc(F)cc(F)c3)ccc2=O)c1. The first-order valence-electron chi connectivity index (χ1n) is 11.1. The maximum absolute atomic E-state index is 13.6. The Morgan fingerprint density at radius 3 is 2.59 bits per heavy atom. The third-order valence-electron chi connectivity index (χ3n) is 6.17. The largest absolute Gasteiger partial charge is 0.465 e. The minimum absolute atomic E-state index is 0.0805. The van der Waals surface area contributed by atoms with Gasteiger partial charge >= 0.3 is 6.09 Å². The summed E-state index contributed by atoms with van der Waals surface area (Å²) < 4.78 is 28.4. The lowest BCUT2D eigenvalue weighted by atomic mass is 10.1. The first-order chi connectivity index (χ1) is 16.3. The summed E-state index contributed by atoms with van der Waals surface area (Å²) in [5.41, 5.74) is 1.28. The number of hydrogen-bond donors (Lipinski definition) is 1. The molecule has 2 aromatic carbocycles. The second-order valence-corrected chi connectivity index (χ2v) is 8.54. The summed E-state index contributed by atoms with van der Waals surface area (Å²) in [5, 5.41) is 14.0. The number of likely N-dealkylation sites (tertiary alicyclic amines) is 1.